The van der Waals surface area contributed by atoms with Gasteiger partial charge in [0.15, 0.2) is 0 Å². The van der Waals surface area contributed by atoms with Crippen molar-refractivity contribution >= 4 is 5.97 Å². The summed E-state index contributed by atoms with van der Waals surface area (Å²) < 4.78 is 6.48. The Morgan fingerprint density at radius 1 is 0.852 bits per heavy atom. The third-order valence-corrected chi connectivity index (χ3v) is 6.77. The van der Waals surface area contributed by atoms with Crippen molar-refractivity contribution in [3.63, 3.8) is 0 Å². The van der Waals surface area contributed by atoms with E-state index in [2.05, 4.69) is 83.1 Å². The Morgan fingerprint density at radius 3 is 1.56 bits per heavy atom. The van der Waals surface area contributed by atoms with Crippen molar-refractivity contribution in [2.24, 2.45) is 39.4 Å². The fourth-order valence-electron chi connectivity index (χ4n) is 5.15. The van der Waals surface area contributed by atoms with E-state index in [1.54, 1.807) is 0 Å². The van der Waals surface area contributed by atoms with Gasteiger partial charge in [-0.15, -0.1) is 0 Å². The SMILES string of the molecule is CCC(C)(CC(C)(C)C)C(=O)OC1C(C(C)(C)C)CC(C)CC1C(C)(C)C. The van der Waals surface area contributed by atoms with Crippen molar-refractivity contribution in [2.45, 2.75) is 115 Å². The molecule has 0 N–H and O–H groups in total. The van der Waals surface area contributed by atoms with Crippen LogP contribution in [0.15, 0.2) is 0 Å². The van der Waals surface area contributed by atoms with Crippen molar-refractivity contribution < 1.29 is 9.53 Å². The minimum atomic E-state index is -0.411. The lowest BCUT2D eigenvalue weighted by Gasteiger charge is -2.51. The molecular weight excluding hydrogens is 332 g/mol. The van der Waals surface area contributed by atoms with Gasteiger partial charge in [-0.3, -0.25) is 4.79 Å². The fraction of sp³-hybridized carbons (Fsp3) is 0.960. The molecular formula is C25H48O2. The lowest BCUT2D eigenvalue weighted by molar-refractivity contribution is -0.182. The van der Waals surface area contributed by atoms with Crippen LogP contribution in [0.4, 0.5) is 0 Å². The summed E-state index contributed by atoms with van der Waals surface area (Å²) in [6.07, 6.45) is 4.00. The Morgan fingerprint density at radius 2 is 1.26 bits per heavy atom. The molecule has 1 fully saturated rings. The first kappa shape index (κ1) is 24.5. The van der Waals surface area contributed by atoms with Crippen LogP contribution in [-0.2, 0) is 9.53 Å². The first-order valence-electron chi connectivity index (χ1n) is 11.1. The van der Waals surface area contributed by atoms with E-state index in [9.17, 15) is 4.79 Å². The molecule has 0 aromatic carbocycles. The van der Waals surface area contributed by atoms with Gasteiger partial charge in [0.1, 0.15) is 6.10 Å². The maximum absolute atomic E-state index is 13.4. The molecule has 160 valence electrons. The first-order chi connectivity index (χ1) is 11.9. The Balaban J connectivity index is 3.23. The second-order valence-electron chi connectivity index (χ2n) is 13.0. The fourth-order valence-corrected chi connectivity index (χ4v) is 5.15. The molecule has 0 spiro atoms. The maximum atomic E-state index is 13.4. The zero-order valence-corrected chi connectivity index (χ0v) is 20.5. The number of esters is 1. The normalized spacial score (nSPS) is 29.9. The van der Waals surface area contributed by atoms with Gasteiger partial charge < -0.3 is 4.74 Å². The van der Waals surface area contributed by atoms with E-state index in [-0.39, 0.29) is 28.3 Å². The van der Waals surface area contributed by atoms with E-state index in [0.717, 1.165) is 25.7 Å². The molecule has 2 heteroatoms. The number of ether oxygens (including phenoxy) is 1. The summed E-state index contributed by atoms with van der Waals surface area (Å²) in [5, 5.41) is 0. The van der Waals surface area contributed by atoms with Crippen LogP contribution in [0.5, 0.6) is 0 Å². The molecule has 0 aromatic heterocycles. The number of carbonyl (C=O) groups excluding carboxylic acids is 1. The Kier molecular flexibility index (Phi) is 7.33. The number of carbonyl (C=O) groups is 1. The van der Waals surface area contributed by atoms with Gasteiger partial charge in [-0.05, 0) is 54.8 Å². The van der Waals surface area contributed by atoms with Gasteiger partial charge in [-0.25, -0.2) is 0 Å². The highest BCUT2D eigenvalue weighted by Gasteiger charge is 2.49. The van der Waals surface area contributed by atoms with Crippen molar-refractivity contribution in [2.75, 3.05) is 0 Å². The summed E-state index contributed by atoms with van der Waals surface area (Å²) in [6, 6.07) is 0. The molecule has 0 radical (unpaired) electrons. The molecule has 1 aliphatic carbocycles. The largest absolute Gasteiger partial charge is 0.461 e. The summed E-state index contributed by atoms with van der Waals surface area (Å²) in [5.41, 5.74) is -0.0323. The van der Waals surface area contributed by atoms with E-state index in [1.165, 1.54) is 0 Å². The Bertz CT molecular complexity index is 476. The highest BCUT2D eigenvalue weighted by Crippen LogP contribution is 2.50. The van der Waals surface area contributed by atoms with Gasteiger partial charge in [-0.2, -0.15) is 0 Å². The molecule has 1 rings (SSSR count). The van der Waals surface area contributed by atoms with Crippen LogP contribution in [0.25, 0.3) is 0 Å². The Hall–Kier alpha value is -0.530. The zero-order chi connectivity index (χ0) is 21.4. The lowest BCUT2D eigenvalue weighted by Crippen LogP contribution is -2.51. The minimum absolute atomic E-state index is 0.0135. The monoisotopic (exact) mass is 380 g/mol. The maximum Gasteiger partial charge on any atom is 0.312 e. The van der Waals surface area contributed by atoms with Crippen molar-refractivity contribution in [3.8, 4) is 0 Å². The molecule has 0 heterocycles. The second kappa shape index (κ2) is 8.07. The third kappa shape index (κ3) is 6.50. The van der Waals surface area contributed by atoms with E-state index in [4.69, 9.17) is 4.74 Å². The van der Waals surface area contributed by atoms with E-state index in [1.807, 2.05) is 0 Å². The topological polar surface area (TPSA) is 26.3 Å². The molecule has 0 aromatic rings. The van der Waals surface area contributed by atoms with Gasteiger partial charge in [-0.1, -0.05) is 76.2 Å². The second-order valence-corrected chi connectivity index (χ2v) is 13.0. The number of rotatable bonds is 4. The van der Waals surface area contributed by atoms with Crippen LogP contribution in [-0.4, -0.2) is 12.1 Å². The molecule has 0 bridgehead atoms. The van der Waals surface area contributed by atoms with Crippen LogP contribution in [0.1, 0.15) is 109 Å². The van der Waals surface area contributed by atoms with E-state index < -0.39 is 5.41 Å². The molecule has 0 aliphatic heterocycles. The Labute approximate surface area is 170 Å². The van der Waals surface area contributed by atoms with Crippen molar-refractivity contribution in [1.82, 2.24) is 0 Å². The molecule has 2 nitrogen and oxygen atoms in total. The van der Waals surface area contributed by atoms with E-state index >= 15 is 0 Å². The molecule has 1 aliphatic rings. The predicted octanol–water partition coefficient (Wildman–Crippen LogP) is 7.51. The standard InChI is InChI=1S/C25H48O2/c1-13-25(12,16-22(3,4)5)21(26)27-20-18(23(6,7)8)14-17(2)15-19(20)24(9,10)11/h17-20H,13-16H2,1-12H3. The van der Waals surface area contributed by atoms with Gasteiger partial charge in [0.2, 0.25) is 0 Å². The van der Waals surface area contributed by atoms with Crippen LogP contribution >= 0.6 is 0 Å². The van der Waals surface area contributed by atoms with Gasteiger partial charge >= 0.3 is 5.97 Å². The molecule has 27 heavy (non-hydrogen) atoms. The van der Waals surface area contributed by atoms with Crippen LogP contribution < -0.4 is 0 Å². The molecule has 0 saturated heterocycles. The van der Waals surface area contributed by atoms with Gasteiger partial charge in [0.25, 0.3) is 0 Å². The smallest absolute Gasteiger partial charge is 0.312 e. The predicted molar refractivity (Wildman–Crippen MR) is 117 cm³/mol. The van der Waals surface area contributed by atoms with Gasteiger partial charge in [0.05, 0.1) is 5.41 Å². The number of hydrogen-bond donors (Lipinski definition) is 0. The zero-order valence-electron chi connectivity index (χ0n) is 20.5. The van der Waals surface area contributed by atoms with Crippen LogP contribution in [0.3, 0.4) is 0 Å². The van der Waals surface area contributed by atoms with Crippen LogP contribution in [0.2, 0.25) is 0 Å². The van der Waals surface area contributed by atoms with Crippen LogP contribution in [0, 0.1) is 39.4 Å². The third-order valence-electron chi connectivity index (χ3n) is 6.77. The van der Waals surface area contributed by atoms with Gasteiger partial charge in [0, 0.05) is 11.8 Å². The quantitative estimate of drug-likeness (QED) is 0.472. The summed E-state index contributed by atoms with van der Waals surface area (Å²) in [6.45, 7) is 27.1. The minimum Gasteiger partial charge on any atom is -0.461 e. The summed E-state index contributed by atoms with van der Waals surface area (Å²) in [4.78, 5) is 13.4. The first-order valence-corrected chi connectivity index (χ1v) is 11.1. The molecule has 1 saturated carbocycles. The van der Waals surface area contributed by atoms with Crippen molar-refractivity contribution in [1.29, 1.82) is 0 Å². The number of hydrogen-bond acceptors (Lipinski definition) is 2. The molecule has 0 amide bonds. The highest BCUT2D eigenvalue weighted by atomic mass is 16.5. The lowest BCUT2D eigenvalue weighted by atomic mass is 9.59. The highest BCUT2D eigenvalue weighted by molar-refractivity contribution is 5.76. The summed E-state index contributed by atoms with van der Waals surface area (Å²) in [7, 11) is 0. The van der Waals surface area contributed by atoms with Crippen molar-refractivity contribution in [3.05, 3.63) is 0 Å². The molecule has 3 atom stereocenters. The summed E-state index contributed by atoms with van der Waals surface area (Å²) >= 11 is 0. The average Bonchev–Trinajstić information content (AvgIpc) is 2.44. The van der Waals surface area contributed by atoms with E-state index in [0.29, 0.717) is 17.8 Å². The average molecular weight is 381 g/mol. The molecule has 3 unspecified atom stereocenters. The summed E-state index contributed by atoms with van der Waals surface area (Å²) in [5.74, 6) is 1.51.